The number of nitrogens with one attached hydrogen (secondary N) is 1. The zero-order chi connectivity index (χ0) is 16.4. The first-order chi connectivity index (χ1) is 11.1. The standard InChI is InChI=1S/C17H12ClFN2O2/c1-23-15-5-3-2-4-13(15)21-17(22)12-8-10-6-7-11(19)9-14(10)20-16(12)18/h2-9H,1H3,(H,21,22). The number of ether oxygens (including phenoxy) is 1. The highest BCUT2D eigenvalue weighted by molar-refractivity contribution is 6.33. The number of rotatable bonds is 3. The van der Waals surface area contributed by atoms with Crippen molar-refractivity contribution in [3.05, 3.63) is 65.1 Å². The lowest BCUT2D eigenvalue weighted by atomic mass is 10.1. The Kier molecular flexibility index (Phi) is 4.12. The minimum atomic E-state index is -0.418. The van der Waals surface area contributed by atoms with Crippen LogP contribution in [0.3, 0.4) is 0 Å². The molecule has 0 spiro atoms. The Hall–Kier alpha value is -2.66. The maximum atomic E-state index is 13.2. The summed E-state index contributed by atoms with van der Waals surface area (Å²) >= 11 is 6.06. The molecular formula is C17H12ClFN2O2. The lowest BCUT2D eigenvalue weighted by Gasteiger charge is -2.11. The number of anilines is 1. The summed E-state index contributed by atoms with van der Waals surface area (Å²) in [6.45, 7) is 0. The van der Waals surface area contributed by atoms with Crippen LogP contribution in [0.2, 0.25) is 5.15 Å². The van der Waals surface area contributed by atoms with Crippen molar-refractivity contribution in [3.8, 4) is 5.75 Å². The summed E-state index contributed by atoms with van der Waals surface area (Å²) < 4.78 is 18.4. The predicted octanol–water partition coefficient (Wildman–Crippen LogP) is 4.29. The van der Waals surface area contributed by atoms with Gasteiger partial charge in [0.05, 0.1) is 23.9 Å². The van der Waals surface area contributed by atoms with E-state index in [4.69, 9.17) is 16.3 Å². The molecule has 0 aliphatic rings. The van der Waals surface area contributed by atoms with E-state index in [-0.39, 0.29) is 10.7 Å². The fourth-order valence-electron chi connectivity index (χ4n) is 2.21. The summed E-state index contributed by atoms with van der Waals surface area (Å²) in [7, 11) is 1.52. The normalized spacial score (nSPS) is 10.6. The molecule has 1 aromatic heterocycles. The molecule has 23 heavy (non-hydrogen) atoms. The van der Waals surface area contributed by atoms with E-state index >= 15 is 0 Å². The number of nitrogens with zero attached hydrogens (tertiary/aromatic N) is 1. The van der Waals surface area contributed by atoms with E-state index in [9.17, 15) is 9.18 Å². The van der Waals surface area contributed by atoms with Crippen molar-refractivity contribution in [3.63, 3.8) is 0 Å². The molecule has 1 amide bonds. The van der Waals surface area contributed by atoms with Gasteiger partial charge in [-0.1, -0.05) is 23.7 Å². The average molecular weight is 331 g/mol. The molecule has 0 fully saturated rings. The molecule has 0 saturated carbocycles. The van der Waals surface area contributed by atoms with Gasteiger partial charge in [-0.25, -0.2) is 9.37 Å². The van der Waals surface area contributed by atoms with Crippen molar-refractivity contribution in [1.82, 2.24) is 4.98 Å². The number of carbonyl (C=O) groups excluding carboxylic acids is 1. The van der Waals surface area contributed by atoms with Crippen molar-refractivity contribution >= 4 is 34.1 Å². The summed E-state index contributed by atoms with van der Waals surface area (Å²) in [4.78, 5) is 16.5. The summed E-state index contributed by atoms with van der Waals surface area (Å²) in [6.07, 6.45) is 0. The first-order valence-electron chi connectivity index (χ1n) is 6.78. The lowest BCUT2D eigenvalue weighted by Crippen LogP contribution is -2.13. The van der Waals surface area contributed by atoms with E-state index in [0.717, 1.165) is 0 Å². The maximum absolute atomic E-state index is 13.2. The summed E-state index contributed by atoms with van der Waals surface area (Å²) in [5.41, 5.74) is 1.12. The van der Waals surface area contributed by atoms with Crippen molar-refractivity contribution in [2.24, 2.45) is 0 Å². The van der Waals surface area contributed by atoms with Gasteiger partial charge in [-0.2, -0.15) is 0 Å². The first kappa shape index (κ1) is 15.2. The van der Waals surface area contributed by atoms with Gasteiger partial charge in [0.2, 0.25) is 0 Å². The Morgan fingerprint density at radius 3 is 2.78 bits per heavy atom. The topological polar surface area (TPSA) is 51.2 Å². The smallest absolute Gasteiger partial charge is 0.258 e. The van der Waals surface area contributed by atoms with E-state index in [0.29, 0.717) is 22.3 Å². The Morgan fingerprint density at radius 2 is 2.00 bits per heavy atom. The molecule has 0 atom stereocenters. The summed E-state index contributed by atoms with van der Waals surface area (Å²) in [5, 5.41) is 3.37. The van der Waals surface area contributed by atoms with Crippen LogP contribution < -0.4 is 10.1 Å². The van der Waals surface area contributed by atoms with E-state index in [1.165, 1.54) is 19.2 Å². The molecule has 6 heteroatoms. The zero-order valence-corrected chi connectivity index (χ0v) is 12.9. The molecule has 3 rings (SSSR count). The summed E-state index contributed by atoms with van der Waals surface area (Å²) in [6, 6.07) is 12.7. The molecule has 1 N–H and O–H groups in total. The number of carbonyl (C=O) groups is 1. The van der Waals surface area contributed by atoms with Crippen molar-refractivity contribution < 1.29 is 13.9 Å². The molecule has 3 aromatic rings. The Balaban J connectivity index is 1.97. The monoisotopic (exact) mass is 330 g/mol. The molecule has 0 bridgehead atoms. The van der Waals surface area contributed by atoms with E-state index < -0.39 is 11.7 Å². The van der Waals surface area contributed by atoms with Gasteiger partial charge in [-0.15, -0.1) is 0 Å². The molecule has 4 nitrogen and oxygen atoms in total. The molecule has 1 heterocycles. The zero-order valence-electron chi connectivity index (χ0n) is 12.1. The number of methoxy groups -OCH3 is 1. The Morgan fingerprint density at radius 1 is 1.22 bits per heavy atom. The van der Waals surface area contributed by atoms with Crippen LogP contribution >= 0.6 is 11.6 Å². The van der Waals surface area contributed by atoms with Crippen molar-refractivity contribution in [2.45, 2.75) is 0 Å². The molecule has 116 valence electrons. The number of para-hydroxylation sites is 2. The highest BCUT2D eigenvalue weighted by Crippen LogP contribution is 2.26. The molecule has 0 aliphatic heterocycles. The van der Waals surface area contributed by atoms with Gasteiger partial charge >= 0.3 is 0 Å². The van der Waals surface area contributed by atoms with E-state index in [1.54, 1.807) is 36.4 Å². The van der Waals surface area contributed by atoms with Crippen LogP contribution in [0.15, 0.2) is 48.5 Å². The first-order valence-corrected chi connectivity index (χ1v) is 7.16. The van der Waals surface area contributed by atoms with Gasteiger partial charge in [0, 0.05) is 11.5 Å². The van der Waals surface area contributed by atoms with E-state index in [2.05, 4.69) is 10.3 Å². The van der Waals surface area contributed by atoms with Crippen LogP contribution in [-0.2, 0) is 0 Å². The number of pyridine rings is 1. The SMILES string of the molecule is COc1ccccc1NC(=O)c1cc2ccc(F)cc2nc1Cl. The van der Waals surface area contributed by atoms with Crippen LogP contribution in [0.4, 0.5) is 10.1 Å². The third kappa shape index (κ3) is 3.10. The van der Waals surface area contributed by atoms with Crippen LogP contribution in [0.1, 0.15) is 10.4 Å². The number of aromatic nitrogens is 1. The Bertz CT molecular complexity index is 899. The van der Waals surface area contributed by atoms with Crippen LogP contribution in [0.5, 0.6) is 5.75 Å². The second-order valence-electron chi connectivity index (χ2n) is 4.82. The highest BCUT2D eigenvalue weighted by atomic mass is 35.5. The molecule has 0 radical (unpaired) electrons. The highest BCUT2D eigenvalue weighted by Gasteiger charge is 2.15. The summed E-state index contributed by atoms with van der Waals surface area (Å²) in [5.74, 6) is -0.293. The largest absolute Gasteiger partial charge is 0.495 e. The third-order valence-corrected chi connectivity index (χ3v) is 3.62. The number of benzene rings is 2. The molecule has 0 unspecified atom stereocenters. The predicted molar refractivity (Wildman–Crippen MR) is 87.7 cm³/mol. The molecule has 0 aliphatic carbocycles. The minimum absolute atomic E-state index is 0.00972. The maximum Gasteiger partial charge on any atom is 0.258 e. The molecule has 0 saturated heterocycles. The van der Waals surface area contributed by atoms with Gasteiger partial charge in [0.25, 0.3) is 5.91 Å². The van der Waals surface area contributed by atoms with Gasteiger partial charge in [0.1, 0.15) is 16.7 Å². The quantitative estimate of drug-likeness (QED) is 0.729. The van der Waals surface area contributed by atoms with Crippen molar-refractivity contribution in [1.29, 1.82) is 0 Å². The lowest BCUT2D eigenvalue weighted by molar-refractivity contribution is 0.102. The fourth-order valence-corrected chi connectivity index (χ4v) is 2.44. The van der Waals surface area contributed by atoms with Crippen LogP contribution in [-0.4, -0.2) is 18.0 Å². The van der Waals surface area contributed by atoms with Crippen molar-refractivity contribution in [2.75, 3.05) is 12.4 Å². The average Bonchev–Trinajstić information content (AvgIpc) is 2.54. The van der Waals surface area contributed by atoms with E-state index in [1.807, 2.05) is 0 Å². The number of halogens is 2. The van der Waals surface area contributed by atoms with Gasteiger partial charge in [-0.3, -0.25) is 4.79 Å². The number of hydrogen-bond donors (Lipinski definition) is 1. The van der Waals surface area contributed by atoms with Crippen LogP contribution in [0.25, 0.3) is 10.9 Å². The second kappa shape index (κ2) is 6.22. The molecular weight excluding hydrogens is 319 g/mol. The number of amides is 1. The number of fused-ring (bicyclic) bond motifs is 1. The van der Waals surface area contributed by atoms with Gasteiger partial charge in [-0.05, 0) is 30.3 Å². The minimum Gasteiger partial charge on any atom is -0.495 e. The number of hydrogen-bond acceptors (Lipinski definition) is 3. The van der Waals surface area contributed by atoms with Crippen LogP contribution in [0, 0.1) is 5.82 Å². The second-order valence-corrected chi connectivity index (χ2v) is 5.18. The van der Waals surface area contributed by atoms with Gasteiger partial charge in [0.15, 0.2) is 0 Å². The Labute approximate surface area is 136 Å². The fraction of sp³-hybridized carbons (Fsp3) is 0.0588. The molecule has 2 aromatic carbocycles. The third-order valence-electron chi connectivity index (χ3n) is 3.33. The van der Waals surface area contributed by atoms with Gasteiger partial charge < -0.3 is 10.1 Å².